The van der Waals surface area contributed by atoms with E-state index in [1.54, 1.807) is 6.20 Å². The van der Waals surface area contributed by atoms with Crippen molar-refractivity contribution < 1.29 is 9.90 Å². The molecule has 5 nitrogen and oxygen atoms in total. The maximum absolute atomic E-state index is 12.0. The number of nitrogens with one attached hydrogen (secondary N) is 2. The summed E-state index contributed by atoms with van der Waals surface area (Å²) in [5, 5.41) is 11.9. The van der Waals surface area contributed by atoms with Crippen molar-refractivity contribution in [1.82, 2.24) is 9.97 Å². The molecule has 0 atom stereocenters. The molecule has 2 aromatic carbocycles. The van der Waals surface area contributed by atoms with E-state index in [4.69, 9.17) is 11.6 Å². The molecule has 132 valence electrons. The Hall–Kier alpha value is -3.05. The van der Waals surface area contributed by atoms with Crippen molar-refractivity contribution in [3.8, 4) is 11.1 Å². The summed E-state index contributed by atoms with van der Waals surface area (Å²) in [5.74, 6) is -0.995. The Labute approximate surface area is 154 Å². The van der Waals surface area contributed by atoms with E-state index in [0.717, 1.165) is 27.4 Å². The van der Waals surface area contributed by atoms with Gasteiger partial charge in [0.15, 0.2) is 0 Å². The number of pyridine rings is 1. The molecule has 26 heavy (non-hydrogen) atoms. The van der Waals surface area contributed by atoms with E-state index in [1.165, 1.54) is 6.92 Å². The lowest BCUT2D eigenvalue weighted by Gasteiger charge is -2.07. The van der Waals surface area contributed by atoms with Crippen LogP contribution < -0.4 is 10.7 Å². The summed E-state index contributed by atoms with van der Waals surface area (Å²) in [6.45, 7) is 1.54. The minimum atomic E-state index is -0.995. The molecule has 0 spiro atoms. The number of hydrogen-bond acceptors (Lipinski definition) is 3. The van der Waals surface area contributed by atoms with Crippen LogP contribution in [0, 0.1) is 0 Å². The first-order chi connectivity index (χ1) is 12.5. The van der Waals surface area contributed by atoms with Gasteiger partial charge < -0.3 is 19.9 Å². The lowest BCUT2D eigenvalue weighted by Crippen LogP contribution is -2.19. The van der Waals surface area contributed by atoms with Gasteiger partial charge in [-0.15, -0.1) is 0 Å². The van der Waals surface area contributed by atoms with Gasteiger partial charge in [-0.2, -0.15) is 0 Å². The third kappa shape index (κ3) is 3.48. The third-order valence-electron chi connectivity index (χ3n) is 4.01. The molecule has 0 aliphatic rings. The number of H-pyrrole nitrogens is 2. The number of hydrogen-bond donors (Lipinski definition) is 2. The zero-order valence-corrected chi connectivity index (χ0v) is 14.8. The highest BCUT2D eigenvalue weighted by Crippen LogP contribution is 2.31. The van der Waals surface area contributed by atoms with E-state index in [0.29, 0.717) is 10.5 Å². The van der Waals surface area contributed by atoms with E-state index in [9.17, 15) is 14.7 Å². The van der Waals surface area contributed by atoms with E-state index in [2.05, 4.69) is 16.0 Å². The number of carboxylic acid groups (broad SMARTS) is 1. The van der Waals surface area contributed by atoms with E-state index in [1.807, 2.05) is 42.5 Å². The van der Waals surface area contributed by atoms with Crippen molar-refractivity contribution in [3.63, 3.8) is 0 Å². The molecule has 0 aliphatic heterocycles. The van der Waals surface area contributed by atoms with Gasteiger partial charge in [0.2, 0.25) is 0 Å². The largest absolute Gasteiger partial charge is 0.550 e. The van der Waals surface area contributed by atoms with Gasteiger partial charge in [-0.05, 0) is 36.2 Å². The molecule has 6 heteroatoms. The molecule has 0 saturated heterocycles. The number of halogens is 1. The highest BCUT2D eigenvalue weighted by atomic mass is 35.5. The maximum atomic E-state index is 12.0. The number of benzene rings is 2. The molecule has 4 rings (SSSR count). The zero-order chi connectivity index (χ0) is 18.7. The number of carbonyl (C=O) groups excluding carboxylic acids is 1. The maximum Gasteiger partial charge on any atom is 0.272 e. The Balaban J connectivity index is 0.000000349. The molecule has 0 fully saturated rings. The van der Waals surface area contributed by atoms with Crippen LogP contribution in [-0.4, -0.2) is 15.9 Å². The highest BCUT2D eigenvalue weighted by molar-refractivity contribution is 6.33. The van der Waals surface area contributed by atoms with Crippen molar-refractivity contribution in [2.45, 2.75) is 13.3 Å². The average molecular weight is 368 g/mol. The second kappa shape index (κ2) is 7.45. The summed E-state index contributed by atoms with van der Waals surface area (Å²) in [4.78, 5) is 27.1. The van der Waals surface area contributed by atoms with E-state index < -0.39 is 5.97 Å². The summed E-state index contributed by atoms with van der Waals surface area (Å²) >= 11 is 6.27. The fourth-order valence-corrected chi connectivity index (χ4v) is 2.95. The summed E-state index contributed by atoms with van der Waals surface area (Å²) in [7, 11) is 0. The van der Waals surface area contributed by atoms with Crippen molar-refractivity contribution >= 4 is 39.4 Å². The van der Waals surface area contributed by atoms with Gasteiger partial charge in [-0.1, -0.05) is 42.8 Å². The van der Waals surface area contributed by atoms with Crippen LogP contribution in [0.15, 0.2) is 59.5 Å². The summed E-state index contributed by atoms with van der Waals surface area (Å²) in [6.07, 6.45) is 1.89. The van der Waals surface area contributed by atoms with Gasteiger partial charge in [0.1, 0.15) is 5.52 Å². The Morgan fingerprint density at radius 3 is 2.54 bits per heavy atom. The van der Waals surface area contributed by atoms with Gasteiger partial charge >= 0.3 is 0 Å². The van der Waals surface area contributed by atoms with Gasteiger partial charge in [-0.25, -0.2) is 0 Å². The van der Waals surface area contributed by atoms with Crippen LogP contribution in [0.1, 0.15) is 13.3 Å². The van der Waals surface area contributed by atoms with Crippen LogP contribution in [0.3, 0.4) is 0 Å². The van der Waals surface area contributed by atoms with Crippen molar-refractivity contribution in [2.75, 3.05) is 0 Å². The summed E-state index contributed by atoms with van der Waals surface area (Å²) in [6, 6.07) is 15.6. The predicted octanol–water partition coefficient (Wildman–Crippen LogP) is 3.48. The topological polar surface area (TPSA) is 88.8 Å². The van der Waals surface area contributed by atoms with E-state index in [-0.39, 0.29) is 12.0 Å². The van der Waals surface area contributed by atoms with Crippen molar-refractivity contribution in [1.29, 1.82) is 0 Å². The van der Waals surface area contributed by atoms with Crippen LogP contribution in [0.25, 0.3) is 32.9 Å². The molecule has 0 bridgehead atoms. The van der Waals surface area contributed by atoms with Gasteiger partial charge in [0.05, 0.1) is 0 Å². The fourth-order valence-electron chi connectivity index (χ4n) is 2.71. The number of aliphatic carboxylic acids is 1. The predicted molar refractivity (Wildman–Crippen MR) is 102 cm³/mol. The van der Waals surface area contributed by atoms with Crippen LogP contribution in [-0.2, 0) is 4.79 Å². The Kier molecular flexibility index (Phi) is 5.09. The van der Waals surface area contributed by atoms with Crippen LogP contribution in [0.2, 0.25) is 5.02 Å². The lowest BCUT2D eigenvalue weighted by molar-refractivity contribution is -0.305. The Bertz CT molecular complexity index is 1140. The minimum absolute atomic E-state index is 0.104. The summed E-state index contributed by atoms with van der Waals surface area (Å²) < 4.78 is 0. The number of carbonyl (C=O) groups is 1. The van der Waals surface area contributed by atoms with Gasteiger partial charge in [0, 0.05) is 39.0 Å². The van der Waals surface area contributed by atoms with Crippen molar-refractivity contribution in [3.05, 3.63) is 70.1 Å². The minimum Gasteiger partial charge on any atom is -0.550 e. The number of fused-ring (bicyclic) bond motifs is 3. The highest BCUT2D eigenvalue weighted by Gasteiger charge is 2.08. The number of carboxylic acids is 1. The Morgan fingerprint density at radius 1 is 1.12 bits per heavy atom. The molecule has 0 radical (unpaired) electrons. The van der Waals surface area contributed by atoms with Crippen LogP contribution >= 0.6 is 11.6 Å². The molecule has 0 amide bonds. The molecule has 0 aliphatic carbocycles. The second-order valence-corrected chi connectivity index (χ2v) is 6.09. The molecule has 2 heterocycles. The van der Waals surface area contributed by atoms with Gasteiger partial charge in [0.25, 0.3) is 5.56 Å². The van der Waals surface area contributed by atoms with Gasteiger partial charge in [-0.3, -0.25) is 4.79 Å². The molecule has 4 aromatic rings. The molecule has 2 N–H and O–H groups in total. The molecule has 0 saturated carbocycles. The molecule has 0 unspecified atom stereocenters. The Morgan fingerprint density at radius 2 is 1.85 bits per heavy atom. The quantitative estimate of drug-likeness (QED) is 0.568. The van der Waals surface area contributed by atoms with E-state index >= 15 is 0 Å². The fraction of sp³-hybridized carbons (Fsp3) is 0.100. The first kappa shape index (κ1) is 17.8. The first-order valence-corrected chi connectivity index (χ1v) is 8.47. The normalized spacial score (nSPS) is 10.5. The lowest BCUT2D eigenvalue weighted by atomic mass is 10.0. The SMILES string of the molecule is CCC(=O)[O-].O=c1[nH]c2ccc(-c3ccccc3Cl)cc2c2cc[nH]c12. The van der Waals surface area contributed by atoms with Crippen LogP contribution in [0.4, 0.5) is 0 Å². The second-order valence-electron chi connectivity index (χ2n) is 5.69. The molecular weight excluding hydrogens is 352 g/mol. The monoisotopic (exact) mass is 367 g/mol. The standard InChI is InChI=1S/C17H11ClN2O.C3H6O2/c18-14-4-2-1-3-11(14)10-5-6-15-13(9-10)12-7-8-19-16(12)17(21)20-15;1-2-3(4)5/h1-9,19H,(H,20,21);2H2,1H3,(H,4,5)/p-1. The average Bonchev–Trinajstić information content (AvgIpc) is 3.13. The molecular formula is C20H16ClN2O3-. The molecule has 2 aromatic heterocycles. The number of rotatable bonds is 2. The number of aromatic amines is 2. The third-order valence-corrected chi connectivity index (χ3v) is 4.34. The zero-order valence-electron chi connectivity index (χ0n) is 14.0. The summed E-state index contributed by atoms with van der Waals surface area (Å²) in [5.41, 5.74) is 3.33. The smallest absolute Gasteiger partial charge is 0.272 e. The van der Waals surface area contributed by atoms with Crippen molar-refractivity contribution in [2.24, 2.45) is 0 Å². The van der Waals surface area contributed by atoms with Crippen LogP contribution in [0.5, 0.6) is 0 Å². The number of aromatic nitrogens is 2. The first-order valence-electron chi connectivity index (χ1n) is 8.09.